The van der Waals surface area contributed by atoms with Crippen molar-refractivity contribution in [1.82, 2.24) is 5.43 Å². The van der Waals surface area contributed by atoms with Crippen LogP contribution in [-0.4, -0.2) is 12.1 Å². The van der Waals surface area contributed by atoms with Crippen molar-refractivity contribution in [1.29, 1.82) is 0 Å². The standard InChI is InChI=1S/C18H22N2O/c1-2-3-4-5-13-18(21)20-19-14-16-11-8-10-15-9-6-7-12-17(15)16/h6-12,14H,2-5,13H2,1H3,(H,20,21)/b19-14+. The smallest absolute Gasteiger partial charge is 0.240 e. The van der Waals surface area contributed by atoms with Crippen molar-refractivity contribution in [2.75, 3.05) is 0 Å². The Hall–Kier alpha value is -2.16. The summed E-state index contributed by atoms with van der Waals surface area (Å²) in [7, 11) is 0. The Morgan fingerprint density at radius 1 is 1.10 bits per heavy atom. The molecule has 21 heavy (non-hydrogen) atoms. The first-order valence-electron chi connectivity index (χ1n) is 7.61. The van der Waals surface area contributed by atoms with Crippen molar-refractivity contribution in [3.63, 3.8) is 0 Å². The molecular formula is C18H22N2O. The molecule has 0 saturated carbocycles. The maximum absolute atomic E-state index is 11.6. The van der Waals surface area contributed by atoms with Gasteiger partial charge in [0.15, 0.2) is 0 Å². The van der Waals surface area contributed by atoms with E-state index in [-0.39, 0.29) is 5.91 Å². The van der Waals surface area contributed by atoms with E-state index in [1.165, 1.54) is 18.2 Å². The van der Waals surface area contributed by atoms with E-state index in [1.54, 1.807) is 6.21 Å². The van der Waals surface area contributed by atoms with Crippen molar-refractivity contribution in [3.05, 3.63) is 48.0 Å². The predicted molar refractivity (Wildman–Crippen MR) is 88.4 cm³/mol. The quantitative estimate of drug-likeness (QED) is 0.460. The molecule has 1 amide bonds. The highest BCUT2D eigenvalue weighted by atomic mass is 16.2. The zero-order valence-electron chi connectivity index (χ0n) is 12.5. The van der Waals surface area contributed by atoms with Gasteiger partial charge in [-0.1, -0.05) is 68.7 Å². The van der Waals surface area contributed by atoms with Crippen molar-refractivity contribution in [2.45, 2.75) is 39.0 Å². The fourth-order valence-corrected chi connectivity index (χ4v) is 2.31. The molecule has 0 bridgehead atoms. The Labute approximate surface area is 126 Å². The minimum Gasteiger partial charge on any atom is -0.273 e. The Morgan fingerprint density at radius 2 is 1.90 bits per heavy atom. The average Bonchev–Trinajstić information content (AvgIpc) is 2.52. The Morgan fingerprint density at radius 3 is 2.76 bits per heavy atom. The summed E-state index contributed by atoms with van der Waals surface area (Å²) >= 11 is 0. The molecule has 0 saturated heterocycles. The number of hydrogen-bond acceptors (Lipinski definition) is 2. The number of benzene rings is 2. The highest BCUT2D eigenvalue weighted by Crippen LogP contribution is 2.16. The first-order valence-corrected chi connectivity index (χ1v) is 7.61. The van der Waals surface area contributed by atoms with Gasteiger partial charge in [0.2, 0.25) is 5.91 Å². The second-order valence-electron chi connectivity index (χ2n) is 5.17. The topological polar surface area (TPSA) is 41.5 Å². The summed E-state index contributed by atoms with van der Waals surface area (Å²) in [4.78, 5) is 11.6. The number of fused-ring (bicyclic) bond motifs is 1. The van der Waals surface area contributed by atoms with E-state index >= 15 is 0 Å². The zero-order chi connectivity index (χ0) is 14.9. The van der Waals surface area contributed by atoms with Crippen LogP contribution in [0.2, 0.25) is 0 Å². The lowest BCUT2D eigenvalue weighted by atomic mass is 10.1. The van der Waals surface area contributed by atoms with Crippen molar-refractivity contribution >= 4 is 22.9 Å². The summed E-state index contributed by atoms with van der Waals surface area (Å²) in [5.74, 6) is -0.0115. The molecule has 2 aromatic carbocycles. The second kappa shape index (κ2) is 8.20. The molecular weight excluding hydrogens is 260 g/mol. The van der Waals surface area contributed by atoms with Crippen LogP contribution in [-0.2, 0) is 4.79 Å². The van der Waals surface area contributed by atoms with Crippen molar-refractivity contribution in [3.8, 4) is 0 Å². The van der Waals surface area contributed by atoms with Gasteiger partial charge >= 0.3 is 0 Å². The highest BCUT2D eigenvalue weighted by molar-refractivity contribution is 5.99. The number of hydrogen-bond donors (Lipinski definition) is 1. The molecule has 3 nitrogen and oxygen atoms in total. The van der Waals surface area contributed by atoms with Crippen LogP contribution in [0.15, 0.2) is 47.6 Å². The third-order valence-corrected chi connectivity index (χ3v) is 3.47. The summed E-state index contributed by atoms with van der Waals surface area (Å²) in [5.41, 5.74) is 3.62. The van der Waals surface area contributed by atoms with E-state index in [2.05, 4.69) is 35.7 Å². The second-order valence-corrected chi connectivity index (χ2v) is 5.17. The van der Waals surface area contributed by atoms with Crippen LogP contribution in [0.4, 0.5) is 0 Å². The van der Waals surface area contributed by atoms with Gasteiger partial charge in [0.05, 0.1) is 6.21 Å². The van der Waals surface area contributed by atoms with Gasteiger partial charge in [0.1, 0.15) is 0 Å². The molecule has 0 spiro atoms. The molecule has 0 fully saturated rings. The number of amides is 1. The van der Waals surface area contributed by atoms with Crippen LogP contribution in [0.1, 0.15) is 44.6 Å². The van der Waals surface area contributed by atoms with Gasteiger partial charge in [-0.05, 0) is 17.2 Å². The maximum Gasteiger partial charge on any atom is 0.240 e. The van der Waals surface area contributed by atoms with Crippen LogP contribution in [0.25, 0.3) is 10.8 Å². The SMILES string of the molecule is CCCCCCC(=O)N/N=C/c1cccc2ccccc12. The lowest BCUT2D eigenvalue weighted by molar-refractivity contribution is -0.121. The molecule has 110 valence electrons. The molecule has 0 aliphatic rings. The Bertz CT molecular complexity index is 614. The zero-order valence-corrected chi connectivity index (χ0v) is 12.5. The molecule has 0 radical (unpaired) electrons. The number of rotatable bonds is 7. The molecule has 0 aromatic heterocycles. The third kappa shape index (κ3) is 4.71. The molecule has 2 aromatic rings. The minimum absolute atomic E-state index is 0.0115. The van der Waals surface area contributed by atoms with Gasteiger partial charge in [0.25, 0.3) is 0 Å². The first kappa shape index (κ1) is 15.2. The fraction of sp³-hybridized carbons (Fsp3) is 0.333. The first-order chi connectivity index (χ1) is 10.3. The van der Waals surface area contributed by atoms with Crippen molar-refractivity contribution < 1.29 is 4.79 Å². The van der Waals surface area contributed by atoms with E-state index in [4.69, 9.17) is 0 Å². The van der Waals surface area contributed by atoms with Crippen LogP contribution in [0.3, 0.4) is 0 Å². The predicted octanol–water partition coefficient (Wildman–Crippen LogP) is 4.26. The fourth-order valence-electron chi connectivity index (χ4n) is 2.31. The summed E-state index contributed by atoms with van der Waals surface area (Å²) in [6.07, 6.45) is 6.67. The van der Waals surface area contributed by atoms with Gasteiger partial charge < -0.3 is 0 Å². The highest BCUT2D eigenvalue weighted by Gasteiger charge is 2.00. The number of nitrogens with zero attached hydrogens (tertiary/aromatic N) is 1. The largest absolute Gasteiger partial charge is 0.273 e. The number of nitrogens with one attached hydrogen (secondary N) is 1. The van der Waals surface area contributed by atoms with E-state index < -0.39 is 0 Å². The number of carbonyl (C=O) groups is 1. The minimum atomic E-state index is -0.0115. The maximum atomic E-state index is 11.6. The third-order valence-electron chi connectivity index (χ3n) is 3.47. The molecule has 3 heteroatoms. The van der Waals surface area contributed by atoms with Crippen LogP contribution >= 0.6 is 0 Å². The van der Waals surface area contributed by atoms with Gasteiger partial charge in [-0.25, -0.2) is 5.43 Å². The number of carbonyl (C=O) groups excluding carboxylic acids is 1. The van der Waals surface area contributed by atoms with Crippen LogP contribution in [0, 0.1) is 0 Å². The number of unbranched alkanes of at least 4 members (excludes halogenated alkanes) is 3. The average molecular weight is 282 g/mol. The Kier molecular flexibility index (Phi) is 5.95. The van der Waals surface area contributed by atoms with Gasteiger partial charge in [-0.3, -0.25) is 4.79 Å². The normalized spacial score (nSPS) is 11.1. The van der Waals surface area contributed by atoms with E-state index in [9.17, 15) is 4.79 Å². The van der Waals surface area contributed by atoms with Gasteiger partial charge in [0, 0.05) is 12.0 Å². The summed E-state index contributed by atoms with van der Waals surface area (Å²) in [6, 6.07) is 14.2. The lowest BCUT2D eigenvalue weighted by Crippen LogP contribution is -2.16. The summed E-state index contributed by atoms with van der Waals surface area (Å²) in [6.45, 7) is 2.16. The molecule has 0 unspecified atom stereocenters. The van der Waals surface area contributed by atoms with Crippen LogP contribution in [0.5, 0.6) is 0 Å². The summed E-state index contributed by atoms with van der Waals surface area (Å²) in [5, 5.41) is 6.38. The van der Waals surface area contributed by atoms with E-state index in [0.717, 1.165) is 23.8 Å². The lowest BCUT2D eigenvalue weighted by Gasteiger charge is -2.02. The summed E-state index contributed by atoms with van der Waals surface area (Å²) < 4.78 is 0. The molecule has 2 rings (SSSR count). The molecule has 0 heterocycles. The van der Waals surface area contributed by atoms with Crippen LogP contribution < -0.4 is 5.43 Å². The van der Waals surface area contributed by atoms with Crippen molar-refractivity contribution in [2.24, 2.45) is 5.10 Å². The van der Waals surface area contributed by atoms with Gasteiger partial charge in [-0.15, -0.1) is 0 Å². The monoisotopic (exact) mass is 282 g/mol. The number of hydrazone groups is 1. The van der Waals surface area contributed by atoms with E-state index in [1.807, 2.05) is 24.3 Å². The molecule has 1 N–H and O–H groups in total. The van der Waals surface area contributed by atoms with E-state index in [0.29, 0.717) is 6.42 Å². The molecule has 0 aliphatic carbocycles. The Balaban J connectivity index is 1.90. The molecule has 0 atom stereocenters. The molecule has 0 aliphatic heterocycles. The van der Waals surface area contributed by atoms with Gasteiger partial charge in [-0.2, -0.15) is 5.10 Å².